The second kappa shape index (κ2) is 13.3. The topological polar surface area (TPSA) is 103 Å². The molecule has 0 atom stereocenters. The molecule has 3 aromatic rings. The fraction of sp³-hybridized carbons (Fsp3) is 0.296. The van der Waals surface area contributed by atoms with Crippen LogP contribution in [0.1, 0.15) is 19.4 Å². The van der Waals surface area contributed by atoms with Gasteiger partial charge in [-0.1, -0.05) is 17.7 Å². The van der Waals surface area contributed by atoms with Crippen LogP contribution >= 0.6 is 11.6 Å². The number of ether oxygens (including phenoxy) is 4. The SMILES string of the molecule is CCOc1ccc(CNC(=O)CN(c2ccc(Cl)cc2)S(=O)(=O)c2ccc(OC)c(OC)c2)cc1OCC. The van der Waals surface area contributed by atoms with Gasteiger partial charge in [0.25, 0.3) is 10.0 Å². The van der Waals surface area contributed by atoms with E-state index < -0.39 is 22.5 Å². The normalized spacial score (nSPS) is 11.0. The Morgan fingerprint density at radius 1 is 0.842 bits per heavy atom. The van der Waals surface area contributed by atoms with Crippen molar-refractivity contribution in [2.45, 2.75) is 25.3 Å². The summed E-state index contributed by atoms with van der Waals surface area (Å²) in [5.41, 5.74) is 1.05. The summed E-state index contributed by atoms with van der Waals surface area (Å²) in [6.07, 6.45) is 0. The second-order valence-electron chi connectivity index (χ2n) is 7.93. The summed E-state index contributed by atoms with van der Waals surface area (Å²) in [6, 6.07) is 15.8. The van der Waals surface area contributed by atoms with Crippen molar-refractivity contribution in [3.05, 3.63) is 71.2 Å². The number of carbonyl (C=O) groups is 1. The van der Waals surface area contributed by atoms with Gasteiger partial charge in [-0.2, -0.15) is 0 Å². The highest BCUT2D eigenvalue weighted by Crippen LogP contribution is 2.32. The summed E-state index contributed by atoms with van der Waals surface area (Å²) in [6.45, 7) is 4.40. The molecule has 204 valence electrons. The molecule has 0 radical (unpaired) electrons. The smallest absolute Gasteiger partial charge is 0.264 e. The molecule has 3 aromatic carbocycles. The zero-order valence-corrected chi connectivity index (χ0v) is 23.3. The maximum atomic E-state index is 13.7. The molecule has 38 heavy (non-hydrogen) atoms. The molecule has 3 rings (SSSR count). The number of nitrogens with one attached hydrogen (secondary N) is 1. The number of anilines is 1. The zero-order chi connectivity index (χ0) is 27.7. The number of carbonyl (C=O) groups excluding carboxylic acids is 1. The Kier molecular flexibility index (Phi) is 10.1. The molecule has 0 aliphatic heterocycles. The van der Waals surface area contributed by atoms with Crippen LogP contribution in [0.5, 0.6) is 23.0 Å². The van der Waals surface area contributed by atoms with E-state index in [-0.39, 0.29) is 22.9 Å². The lowest BCUT2D eigenvalue weighted by Gasteiger charge is -2.24. The molecule has 0 bridgehead atoms. The number of benzene rings is 3. The summed E-state index contributed by atoms with van der Waals surface area (Å²) >= 11 is 6.01. The second-order valence-corrected chi connectivity index (χ2v) is 10.2. The van der Waals surface area contributed by atoms with Gasteiger partial charge in [0.1, 0.15) is 6.54 Å². The van der Waals surface area contributed by atoms with Crippen LogP contribution in [-0.2, 0) is 21.4 Å². The molecule has 0 saturated heterocycles. The number of halogens is 1. The first kappa shape index (κ1) is 28.9. The van der Waals surface area contributed by atoms with Crippen molar-refractivity contribution in [1.82, 2.24) is 5.32 Å². The highest BCUT2D eigenvalue weighted by molar-refractivity contribution is 7.92. The average Bonchev–Trinajstić information content (AvgIpc) is 2.92. The Labute approximate surface area is 228 Å². The van der Waals surface area contributed by atoms with Gasteiger partial charge in [0.05, 0.1) is 38.0 Å². The third-order valence-electron chi connectivity index (χ3n) is 5.44. The van der Waals surface area contributed by atoms with Crippen molar-refractivity contribution in [3.8, 4) is 23.0 Å². The van der Waals surface area contributed by atoms with E-state index in [2.05, 4.69) is 5.32 Å². The van der Waals surface area contributed by atoms with E-state index in [4.69, 9.17) is 30.5 Å². The van der Waals surface area contributed by atoms with Crippen LogP contribution < -0.4 is 28.6 Å². The van der Waals surface area contributed by atoms with E-state index in [0.717, 1.165) is 9.87 Å². The molecule has 0 fully saturated rings. The number of hydrogen-bond donors (Lipinski definition) is 1. The fourth-order valence-corrected chi connectivity index (χ4v) is 5.18. The van der Waals surface area contributed by atoms with E-state index in [0.29, 0.717) is 35.5 Å². The largest absolute Gasteiger partial charge is 0.493 e. The minimum atomic E-state index is -4.17. The third kappa shape index (κ3) is 7.02. The predicted octanol–water partition coefficient (Wildman–Crippen LogP) is 4.67. The number of rotatable bonds is 13. The van der Waals surface area contributed by atoms with Crippen LogP contribution in [0.15, 0.2) is 65.6 Å². The molecular weight excluding hydrogens is 532 g/mol. The minimum Gasteiger partial charge on any atom is -0.493 e. The van der Waals surface area contributed by atoms with Crippen LogP contribution in [0.4, 0.5) is 5.69 Å². The molecule has 0 saturated carbocycles. The van der Waals surface area contributed by atoms with E-state index in [1.54, 1.807) is 24.3 Å². The van der Waals surface area contributed by atoms with Crippen molar-refractivity contribution < 1.29 is 32.2 Å². The van der Waals surface area contributed by atoms with Gasteiger partial charge >= 0.3 is 0 Å². The summed E-state index contributed by atoms with van der Waals surface area (Å²) in [4.78, 5) is 12.9. The molecule has 1 N–H and O–H groups in total. The maximum absolute atomic E-state index is 13.7. The molecule has 0 unspecified atom stereocenters. The van der Waals surface area contributed by atoms with Crippen LogP contribution in [-0.4, -0.2) is 48.3 Å². The Hall–Kier alpha value is -3.63. The van der Waals surface area contributed by atoms with Crippen molar-refractivity contribution in [2.75, 3.05) is 38.3 Å². The van der Waals surface area contributed by atoms with Crippen molar-refractivity contribution >= 4 is 33.2 Å². The standard InChI is InChI=1S/C27H31ClN2O7S/c1-5-36-24-13-7-19(15-26(24)37-6-2)17-29-27(31)18-30(21-10-8-20(28)9-11-21)38(32,33)22-12-14-23(34-3)25(16-22)35-4/h7-16H,5-6,17-18H2,1-4H3,(H,29,31). The lowest BCUT2D eigenvalue weighted by atomic mass is 10.2. The molecule has 0 aromatic heterocycles. The Balaban J connectivity index is 1.86. The first-order chi connectivity index (χ1) is 18.2. The molecule has 0 spiro atoms. The summed E-state index contributed by atoms with van der Waals surface area (Å²) < 4.78 is 50.1. The van der Waals surface area contributed by atoms with Gasteiger partial charge < -0.3 is 24.3 Å². The van der Waals surface area contributed by atoms with E-state index >= 15 is 0 Å². The molecule has 0 aliphatic carbocycles. The van der Waals surface area contributed by atoms with Gasteiger partial charge in [-0.25, -0.2) is 8.42 Å². The molecular formula is C27H31ClN2O7S. The van der Waals surface area contributed by atoms with Gasteiger partial charge in [-0.15, -0.1) is 0 Å². The van der Waals surface area contributed by atoms with Crippen molar-refractivity contribution in [1.29, 1.82) is 0 Å². The van der Waals surface area contributed by atoms with Gasteiger partial charge in [0.15, 0.2) is 23.0 Å². The predicted molar refractivity (Wildman–Crippen MR) is 146 cm³/mol. The maximum Gasteiger partial charge on any atom is 0.264 e. The third-order valence-corrected chi connectivity index (χ3v) is 7.46. The van der Waals surface area contributed by atoms with Crippen molar-refractivity contribution in [3.63, 3.8) is 0 Å². The van der Waals surface area contributed by atoms with Crippen LogP contribution in [0.25, 0.3) is 0 Å². The average molecular weight is 563 g/mol. The fourth-order valence-electron chi connectivity index (χ4n) is 3.62. The van der Waals surface area contributed by atoms with Gasteiger partial charge in [0, 0.05) is 17.6 Å². The number of nitrogens with zero attached hydrogens (tertiary/aromatic N) is 1. The lowest BCUT2D eigenvalue weighted by Crippen LogP contribution is -2.40. The Morgan fingerprint density at radius 3 is 2.11 bits per heavy atom. The Morgan fingerprint density at radius 2 is 1.47 bits per heavy atom. The number of hydrogen-bond acceptors (Lipinski definition) is 7. The highest BCUT2D eigenvalue weighted by atomic mass is 35.5. The number of methoxy groups -OCH3 is 2. The van der Waals surface area contributed by atoms with Crippen LogP contribution in [0.3, 0.4) is 0 Å². The van der Waals surface area contributed by atoms with Gasteiger partial charge in [0.2, 0.25) is 5.91 Å². The van der Waals surface area contributed by atoms with Crippen LogP contribution in [0.2, 0.25) is 5.02 Å². The van der Waals surface area contributed by atoms with Crippen molar-refractivity contribution in [2.24, 2.45) is 0 Å². The lowest BCUT2D eigenvalue weighted by molar-refractivity contribution is -0.119. The summed E-state index contributed by atoms with van der Waals surface area (Å²) in [5.74, 6) is 1.30. The quantitative estimate of drug-likeness (QED) is 0.323. The molecule has 11 heteroatoms. The molecule has 1 amide bonds. The molecule has 0 heterocycles. The van der Waals surface area contributed by atoms with Crippen LogP contribution in [0, 0.1) is 0 Å². The summed E-state index contributed by atoms with van der Waals surface area (Å²) in [7, 11) is -1.30. The van der Waals surface area contributed by atoms with E-state index in [1.165, 1.54) is 44.6 Å². The summed E-state index contributed by atoms with van der Waals surface area (Å²) in [5, 5.41) is 3.22. The van der Waals surface area contributed by atoms with E-state index in [1.807, 2.05) is 19.9 Å². The number of amides is 1. The molecule has 9 nitrogen and oxygen atoms in total. The first-order valence-corrected chi connectivity index (χ1v) is 13.7. The van der Waals surface area contributed by atoms with Gasteiger partial charge in [-0.3, -0.25) is 9.10 Å². The number of sulfonamides is 1. The minimum absolute atomic E-state index is 0.0641. The highest BCUT2D eigenvalue weighted by Gasteiger charge is 2.28. The molecule has 0 aliphatic rings. The Bertz CT molecular complexity index is 1350. The van der Waals surface area contributed by atoms with Gasteiger partial charge in [-0.05, 0) is 67.9 Å². The first-order valence-electron chi connectivity index (χ1n) is 11.9. The van der Waals surface area contributed by atoms with E-state index in [9.17, 15) is 13.2 Å². The zero-order valence-electron chi connectivity index (χ0n) is 21.7. The monoisotopic (exact) mass is 562 g/mol.